The van der Waals surface area contributed by atoms with E-state index in [1.807, 2.05) is 18.2 Å². The number of fused-ring (bicyclic) bond motifs is 3. The van der Waals surface area contributed by atoms with Crippen LogP contribution >= 0.6 is 0 Å². The van der Waals surface area contributed by atoms with Gasteiger partial charge in [0.25, 0.3) is 0 Å². The Kier molecular flexibility index (Phi) is 8.14. The molecule has 1 saturated carbocycles. The van der Waals surface area contributed by atoms with Gasteiger partial charge in [0.2, 0.25) is 0 Å². The lowest BCUT2D eigenvalue weighted by Crippen LogP contribution is -2.00. The van der Waals surface area contributed by atoms with Gasteiger partial charge in [-0.3, -0.25) is 0 Å². The Morgan fingerprint density at radius 2 is 0.870 bits per heavy atom. The zero-order chi connectivity index (χ0) is 35.8. The van der Waals surface area contributed by atoms with E-state index in [2.05, 4.69) is 152 Å². The summed E-state index contributed by atoms with van der Waals surface area (Å²) in [7, 11) is 0. The minimum atomic E-state index is 0.612. The minimum Gasteiger partial charge on any atom is -0.456 e. The van der Waals surface area contributed by atoms with E-state index >= 15 is 0 Å². The summed E-state index contributed by atoms with van der Waals surface area (Å²) in [6, 6.07) is 59.6. The molecule has 0 amide bonds. The summed E-state index contributed by atoms with van der Waals surface area (Å²) < 4.78 is 6.55. The lowest BCUT2D eigenvalue weighted by Gasteiger charge is -2.11. The van der Waals surface area contributed by atoms with Gasteiger partial charge in [-0.2, -0.15) is 0 Å². The molecule has 258 valence electrons. The predicted molar refractivity (Wildman–Crippen MR) is 221 cm³/mol. The third-order valence-corrected chi connectivity index (χ3v) is 10.9. The third-order valence-electron chi connectivity index (χ3n) is 10.9. The Hall–Kier alpha value is -6.65. The SMILES string of the molecule is c1ccc(-c2ccc(-c3nc(-c4ccc(C5CCCC5)cc4)nc(-c4ccc5c(c4)oc4cccc(-c6ccc(-c7ccccc7)cc6)c45)n3)cc2)cc1. The Labute approximate surface area is 314 Å². The zero-order valence-electron chi connectivity index (χ0n) is 29.8. The van der Waals surface area contributed by atoms with Crippen LogP contribution in [0, 0.1) is 0 Å². The van der Waals surface area contributed by atoms with Crippen LogP contribution in [0.5, 0.6) is 0 Å². The largest absolute Gasteiger partial charge is 0.456 e. The fourth-order valence-corrected chi connectivity index (χ4v) is 8.05. The molecule has 54 heavy (non-hydrogen) atoms. The van der Waals surface area contributed by atoms with Crippen LogP contribution in [0.15, 0.2) is 174 Å². The maximum absolute atomic E-state index is 6.55. The minimum absolute atomic E-state index is 0.612. The van der Waals surface area contributed by atoms with Crippen LogP contribution < -0.4 is 0 Å². The Balaban J connectivity index is 1.05. The first kappa shape index (κ1) is 32.0. The molecular weight excluding hydrogens is 659 g/mol. The summed E-state index contributed by atoms with van der Waals surface area (Å²) in [6.07, 6.45) is 5.16. The molecule has 4 nitrogen and oxygen atoms in total. The van der Waals surface area contributed by atoms with Crippen LogP contribution in [0.3, 0.4) is 0 Å². The van der Waals surface area contributed by atoms with Gasteiger partial charge in [0, 0.05) is 27.5 Å². The first-order valence-electron chi connectivity index (χ1n) is 18.9. The summed E-state index contributed by atoms with van der Waals surface area (Å²) in [4.78, 5) is 15.2. The first-order valence-corrected chi connectivity index (χ1v) is 18.9. The number of nitrogens with zero attached hydrogens (tertiary/aromatic N) is 3. The van der Waals surface area contributed by atoms with Gasteiger partial charge in [0.1, 0.15) is 11.2 Å². The average Bonchev–Trinajstić information content (AvgIpc) is 3.93. The molecule has 9 aromatic rings. The number of hydrogen-bond donors (Lipinski definition) is 0. The van der Waals surface area contributed by atoms with E-state index in [1.165, 1.54) is 47.9 Å². The number of hydrogen-bond acceptors (Lipinski definition) is 4. The highest BCUT2D eigenvalue weighted by Crippen LogP contribution is 2.39. The highest BCUT2D eigenvalue weighted by atomic mass is 16.3. The van der Waals surface area contributed by atoms with E-state index in [1.54, 1.807) is 0 Å². The third kappa shape index (κ3) is 6.06. The normalized spacial score (nSPS) is 13.2. The molecule has 0 aliphatic heterocycles. The fourth-order valence-electron chi connectivity index (χ4n) is 8.05. The molecule has 10 rings (SSSR count). The molecule has 1 fully saturated rings. The molecule has 1 aliphatic carbocycles. The summed E-state index contributed by atoms with van der Waals surface area (Å²) in [6.45, 7) is 0. The van der Waals surface area contributed by atoms with Crippen molar-refractivity contribution in [3.05, 3.63) is 175 Å². The van der Waals surface area contributed by atoms with E-state index in [9.17, 15) is 0 Å². The van der Waals surface area contributed by atoms with Crippen molar-refractivity contribution >= 4 is 21.9 Å². The molecule has 0 saturated heterocycles. The lowest BCUT2D eigenvalue weighted by molar-refractivity contribution is 0.669. The molecular formula is C50H37N3O. The monoisotopic (exact) mass is 695 g/mol. The van der Waals surface area contributed by atoms with E-state index in [-0.39, 0.29) is 0 Å². The van der Waals surface area contributed by atoms with Gasteiger partial charge in [-0.15, -0.1) is 0 Å². The van der Waals surface area contributed by atoms with Crippen molar-refractivity contribution in [2.45, 2.75) is 31.6 Å². The van der Waals surface area contributed by atoms with Crippen molar-refractivity contribution in [1.82, 2.24) is 15.0 Å². The van der Waals surface area contributed by atoms with Crippen LogP contribution in [-0.4, -0.2) is 15.0 Å². The Morgan fingerprint density at radius 1 is 0.389 bits per heavy atom. The van der Waals surface area contributed by atoms with Crippen LogP contribution in [0.1, 0.15) is 37.2 Å². The van der Waals surface area contributed by atoms with Gasteiger partial charge in [-0.1, -0.05) is 165 Å². The molecule has 7 aromatic carbocycles. The molecule has 1 aliphatic rings. The molecule has 0 unspecified atom stereocenters. The second-order valence-corrected chi connectivity index (χ2v) is 14.3. The van der Waals surface area contributed by atoms with Crippen LogP contribution in [0.2, 0.25) is 0 Å². The topological polar surface area (TPSA) is 51.8 Å². The molecule has 0 radical (unpaired) electrons. The summed E-state index contributed by atoms with van der Waals surface area (Å²) in [5.74, 6) is 2.56. The lowest BCUT2D eigenvalue weighted by atomic mass is 9.96. The molecule has 2 aromatic heterocycles. The Morgan fingerprint density at radius 3 is 1.46 bits per heavy atom. The fraction of sp³-hybridized carbons (Fsp3) is 0.100. The maximum Gasteiger partial charge on any atom is 0.164 e. The first-order chi connectivity index (χ1) is 26.7. The molecule has 2 heterocycles. The van der Waals surface area contributed by atoms with Crippen LogP contribution in [0.4, 0.5) is 0 Å². The van der Waals surface area contributed by atoms with Gasteiger partial charge < -0.3 is 4.42 Å². The van der Waals surface area contributed by atoms with E-state index in [0.29, 0.717) is 23.4 Å². The molecule has 0 spiro atoms. The quantitative estimate of drug-likeness (QED) is 0.167. The highest BCUT2D eigenvalue weighted by molar-refractivity contribution is 6.13. The Bertz CT molecular complexity index is 2730. The molecule has 0 bridgehead atoms. The van der Waals surface area contributed by atoms with Crippen molar-refractivity contribution in [1.29, 1.82) is 0 Å². The van der Waals surface area contributed by atoms with Crippen molar-refractivity contribution in [2.24, 2.45) is 0 Å². The average molecular weight is 696 g/mol. The maximum atomic E-state index is 6.55. The van der Waals surface area contributed by atoms with Crippen molar-refractivity contribution in [2.75, 3.05) is 0 Å². The smallest absolute Gasteiger partial charge is 0.164 e. The van der Waals surface area contributed by atoms with Gasteiger partial charge in [-0.25, -0.2) is 15.0 Å². The van der Waals surface area contributed by atoms with Crippen molar-refractivity contribution in [3.63, 3.8) is 0 Å². The second kappa shape index (κ2) is 13.7. The molecule has 4 heteroatoms. The van der Waals surface area contributed by atoms with Gasteiger partial charge in [0.05, 0.1) is 0 Å². The molecule has 0 atom stereocenters. The zero-order valence-corrected chi connectivity index (χ0v) is 29.8. The number of furan rings is 1. The number of aromatic nitrogens is 3. The van der Waals surface area contributed by atoms with Gasteiger partial charge in [-0.05, 0) is 75.9 Å². The summed E-state index contributed by atoms with van der Waals surface area (Å²) in [5, 5.41) is 2.16. The van der Waals surface area contributed by atoms with Gasteiger partial charge in [0.15, 0.2) is 17.5 Å². The van der Waals surface area contributed by atoms with Crippen molar-refractivity contribution in [3.8, 4) is 67.5 Å². The van der Waals surface area contributed by atoms with E-state index in [0.717, 1.165) is 55.3 Å². The van der Waals surface area contributed by atoms with Crippen LogP contribution in [-0.2, 0) is 0 Å². The van der Waals surface area contributed by atoms with Crippen molar-refractivity contribution < 1.29 is 4.42 Å². The molecule has 0 N–H and O–H groups in total. The predicted octanol–water partition coefficient (Wildman–Crippen LogP) is 13.4. The number of rotatable bonds is 7. The van der Waals surface area contributed by atoms with Crippen LogP contribution in [0.25, 0.3) is 89.5 Å². The summed E-state index contributed by atoms with van der Waals surface area (Å²) >= 11 is 0. The second-order valence-electron chi connectivity index (χ2n) is 14.3. The number of benzene rings is 7. The van der Waals surface area contributed by atoms with E-state index in [4.69, 9.17) is 19.4 Å². The van der Waals surface area contributed by atoms with E-state index < -0.39 is 0 Å². The summed E-state index contributed by atoms with van der Waals surface area (Å²) in [5.41, 5.74) is 12.9. The van der Waals surface area contributed by atoms with Gasteiger partial charge >= 0.3 is 0 Å². The standard InChI is InChI=1S/C50H37N3O/c1-3-10-33(11-4-1)36-18-24-39(25-19-36)43-16-9-17-45-47(43)44-31-30-42(32-46(44)54-45)50-52-48(40-26-20-37(21-27-40)34-12-5-2-6-13-34)51-49(53-50)41-28-22-38(23-29-41)35-14-7-8-15-35/h1-6,9-13,16-32,35H,7-8,14-15H2. The highest BCUT2D eigenvalue weighted by Gasteiger charge is 2.19.